The van der Waals surface area contributed by atoms with E-state index >= 15 is 0 Å². The zero-order chi connectivity index (χ0) is 21.1. The van der Waals surface area contributed by atoms with E-state index in [0.29, 0.717) is 31.3 Å². The van der Waals surface area contributed by atoms with E-state index in [2.05, 4.69) is 25.4 Å². The van der Waals surface area contributed by atoms with E-state index in [4.69, 9.17) is 21.1 Å². The first-order valence-electron chi connectivity index (χ1n) is 9.79. The van der Waals surface area contributed by atoms with Gasteiger partial charge in [-0.05, 0) is 17.7 Å². The number of nitrogens with one attached hydrogen (secondary N) is 2. The molecule has 0 radical (unpaired) electrons. The number of ether oxygens (including phenoxy) is 2. The molecule has 1 aliphatic rings. The Balaban J connectivity index is 0.00000450. The van der Waals surface area contributed by atoms with Crippen LogP contribution in [0.3, 0.4) is 0 Å². The first-order valence-corrected chi connectivity index (χ1v) is 10.2. The van der Waals surface area contributed by atoms with Crippen molar-refractivity contribution < 1.29 is 14.3 Å². The van der Waals surface area contributed by atoms with Crippen molar-refractivity contribution in [3.8, 4) is 0 Å². The van der Waals surface area contributed by atoms with Gasteiger partial charge in [0.05, 0.1) is 19.3 Å². The third kappa shape index (κ3) is 8.93. The van der Waals surface area contributed by atoms with Gasteiger partial charge in [-0.2, -0.15) is 0 Å². The summed E-state index contributed by atoms with van der Waals surface area (Å²) in [5.74, 6) is 0.862. The summed E-state index contributed by atoms with van der Waals surface area (Å²) in [7, 11) is 5.09. The predicted octanol–water partition coefficient (Wildman–Crippen LogP) is 1.60. The number of halogens is 2. The largest absolute Gasteiger partial charge is 0.383 e. The number of benzene rings is 1. The van der Waals surface area contributed by atoms with Crippen molar-refractivity contribution in [2.75, 3.05) is 73.7 Å². The smallest absolute Gasteiger partial charge is 0.234 e. The van der Waals surface area contributed by atoms with Crippen molar-refractivity contribution in [1.82, 2.24) is 20.4 Å². The fourth-order valence-corrected chi connectivity index (χ4v) is 3.43. The van der Waals surface area contributed by atoms with Gasteiger partial charge in [-0.25, -0.2) is 0 Å². The number of guanidine groups is 1. The third-order valence-corrected chi connectivity index (χ3v) is 5.06. The van der Waals surface area contributed by atoms with Gasteiger partial charge in [0.15, 0.2) is 5.96 Å². The van der Waals surface area contributed by atoms with Crippen LogP contribution in [0, 0.1) is 0 Å². The number of piperazine rings is 1. The molecule has 0 aliphatic carbocycles. The lowest BCUT2D eigenvalue weighted by molar-refractivity contribution is -0.122. The minimum atomic E-state index is -0.123. The number of aliphatic imine (C=N–C) groups is 1. The molecule has 1 fully saturated rings. The van der Waals surface area contributed by atoms with E-state index in [-0.39, 0.29) is 36.0 Å². The van der Waals surface area contributed by atoms with Crippen molar-refractivity contribution >= 4 is 47.4 Å². The minimum absolute atomic E-state index is 0. The molecule has 1 aromatic rings. The number of hydrogen-bond donors (Lipinski definition) is 2. The van der Waals surface area contributed by atoms with Crippen molar-refractivity contribution in [2.45, 2.75) is 6.10 Å². The van der Waals surface area contributed by atoms with Crippen LogP contribution in [0.2, 0.25) is 5.02 Å². The standard InChI is InChI=1S/C20H32ClN5O3.HI/c1-22-20(24-14-18(29-3)16-5-4-6-17(21)13-16)26-10-8-25(9-11-26)15-19(27)23-7-12-28-2;/h4-6,13,18H,7-12,14-15H2,1-3H3,(H,22,24)(H,23,27);1H. The molecule has 1 unspecified atom stereocenters. The maximum absolute atomic E-state index is 11.9. The molecule has 1 saturated heterocycles. The number of carbonyl (C=O) groups is 1. The molecule has 0 spiro atoms. The normalized spacial score (nSPS) is 16.0. The Hall–Kier alpha value is -1.14. The first-order chi connectivity index (χ1) is 14.1. The zero-order valence-corrected chi connectivity index (χ0v) is 21.0. The summed E-state index contributed by atoms with van der Waals surface area (Å²) < 4.78 is 10.6. The molecule has 1 amide bonds. The minimum Gasteiger partial charge on any atom is -0.383 e. The van der Waals surface area contributed by atoms with E-state index in [1.807, 2.05) is 24.3 Å². The van der Waals surface area contributed by atoms with Crippen LogP contribution in [0.4, 0.5) is 0 Å². The fourth-order valence-electron chi connectivity index (χ4n) is 3.23. The summed E-state index contributed by atoms with van der Waals surface area (Å²) in [5, 5.41) is 6.94. The summed E-state index contributed by atoms with van der Waals surface area (Å²) in [6.07, 6.45) is -0.123. The molecule has 1 aromatic carbocycles. The summed E-state index contributed by atoms with van der Waals surface area (Å²) in [5.41, 5.74) is 1.02. The van der Waals surface area contributed by atoms with Crippen LogP contribution in [0.1, 0.15) is 11.7 Å². The number of methoxy groups -OCH3 is 2. The van der Waals surface area contributed by atoms with Gasteiger partial charge in [-0.15, -0.1) is 24.0 Å². The fraction of sp³-hybridized carbons (Fsp3) is 0.600. The topological polar surface area (TPSA) is 78.4 Å². The molecule has 2 N–H and O–H groups in total. The Kier molecular flexibility index (Phi) is 13.3. The Morgan fingerprint density at radius 2 is 1.97 bits per heavy atom. The highest BCUT2D eigenvalue weighted by atomic mass is 127. The summed E-state index contributed by atoms with van der Waals surface area (Å²) in [6, 6.07) is 7.68. The molecular formula is C20H33ClIN5O3. The molecule has 1 atom stereocenters. The number of carbonyl (C=O) groups excluding carboxylic acids is 1. The van der Waals surface area contributed by atoms with Gasteiger partial charge in [0.1, 0.15) is 0 Å². The average molecular weight is 554 g/mol. The van der Waals surface area contributed by atoms with Gasteiger partial charge in [-0.1, -0.05) is 23.7 Å². The van der Waals surface area contributed by atoms with Crippen LogP contribution in [-0.4, -0.2) is 95.4 Å². The lowest BCUT2D eigenvalue weighted by atomic mass is 10.1. The average Bonchev–Trinajstić information content (AvgIpc) is 2.72. The van der Waals surface area contributed by atoms with Crippen molar-refractivity contribution in [3.05, 3.63) is 34.9 Å². The summed E-state index contributed by atoms with van der Waals surface area (Å²) in [4.78, 5) is 20.7. The number of hydrogen-bond acceptors (Lipinski definition) is 5. The Morgan fingerprint density at radius 1 is 1.23 bits per heavy atom. The molecule has 8 nitrogen and oxygen atoms in total. The van der Waals surface area contributed by atoms with Crippen LogP contribution >= 0.6 is 35.6 Å². The highest BCUT2D eigenvalue weighted by molar-refractivity contribution is 14.0. The Morgan fingerprint density at radius 3 is 2.57 bits per heavy atom. The van der Waals surface area contributed by atoms with Gasteiger partial charge in [0.25, 0.3) is 0 Å². The van der Waals surface area contributed by atoms with E-state index in [0.717, 1.165) is 37.7 Å². The van der Waals surface area contributed by atoms with E-state index in [1.54, 1.807) is 21.3 Å². The maximum Gasteiger partial charge on any atom is 0.234 e. The van der Waals surface area contributed by atoms with E-state index in [1.165, 1.54) is 0 Å². The second-order valence-corrected chi connectivity index (χ2v) is 7.25. The summed E-state index contributed by atoms with van der Waals surface area (Å²) in [6.45, 7) is 5.29. The van der Waals surface area contributed by atoms with Gasteiger partial charge in [-0.3, -0.25) is 14.7 Å². The van der Waals surface area contributed by atoms with Gasteiger partial charge in [0, 0.05) is 65.6 Å². The summed E-state index contributed by atoms with van der Waals surface area (Å²) >= 11 is 6.10. The number of amides is 1. The molecule has 1 aliphatic heterocycles. The molecule has 10 heteroatoms. The van der Waals surface area contributed by atoms with Gasteiger partial charge >= 0.3 is 0 Å². The van der Waals surface area contributed by atoms with Crippen LogP contribution in [0.25, 0.3) is 0 Å². The van der Waals surface area contributed by atoms with Crippen LogP contribution in [-0.2, 0) is 14.3 Å². The monoisotopic (exact) mass is 553 g/mol. The van der Waals surface area contributed by atoms with Crippen molar-refractivity contribution in [3.63, 3.8) is 0 Å². The molecule has 30 heavy (non-hydrogen) atoms. The zero-order valence-electron chi connectivity index (χ0n) is 17.9. The molecule has 0 aromatic heterocycles. The molecular weight excluding hydrogens is 521 g/mol. The van der Waals surface area contributed by atoms with Crippen LogP contribution in [0.15, 0.2) is 29.3 Å². The maximum atomic E-state index is 11.9. The molecule has 0 saturated carbocycles. The van der Waals surface area contributed by atoms with Gasteiger partial charge < -0.3 is 25.0 Å². The first kappa shape index (κ1) is 26.9. The Bertz CT molecular complexity index is 672. The van der Waals surface area contributed by atoms with E-state index < -0.39 is 0 Å². The van der Waals surface area contributed by atoms with Crippen LogP contribution in [0.5, 0.6) is 0 Å². The second kappa shape index (κ2) is 14.8. The quantitative estimate of drug-likeness (QED) is 0.209. The van der Waals surface area contributed by atoms with Crippen molar-refractivity contribution in [1.29, 1.82) is 0 Å². The second-order valence-electron chi connectivity index (χ2n) is 6.81. The molecule has 2 rings (SSSR count). The SMILES string of the molecule is CN=C(NCC(OC)c1cccc(Cl)c1)N1CCN(CC(=O)NCCOC)CC1.I. The molecule has 0 bridgehead atoms. The van der Waals surface area contributed by atoms with E-state index in [9.17, 15) is 4.79 Å². The lowest BCUT2D eigenvalue weighted by Gasteiger charge is -2.36. The molecule has 170 valence electrons. The van der Waals surface area contributed by atoms with Crippen molar-refractivity contribution in [2.24, 2.45) is 4.99 Å². The highest BCUT2D eigenvalue weighted by Crippen LogP contribution is 2.19. The Labute approximate surface area is 201 Å². The molecule has 1 heterocycles. The number of nitrogens with zero attached hydrogens (tertiary/aromatic N) is 3. The highest BCUT2D eigenvalue weighted by Gasteiger charge is 2.22. The van der Waals surface area contributed by atoms with Crippen LogP contribution < -0.4 is 10.6 Å². The third-order valence-electron chi connectivity index (χ3n) is 4.83. The number of rotatable bonds is 9. The predicted molar refractivity (Wildman–Crippen MR) is 131 cm³/mol. The van der Waals surface area contributed by atoms with Gasteiger partial charge in [0.2, 0.25) is 5.91 Å². The lowest BCUT2D eigenvalue weighted by Crippen LogP contribution is -2.54.